The van der Waals surface area contributed by atoms with Gasteiger partial charge in [0.1, 0.15) is 5.82 Å². The second-order valence-electron chi connectivity index (χ2n) is 7.92. The first-order valence-corrected chi connectivity index (χ1v) is 10.1. The highest BCUT2D eigenvalue weighted by Crippen LogP contribution is 2.30. The number of fused-ring (bicyclic) bond motifs is 1. The summed E-state index contributed by atoms with van der Waals surface area (Å²) in [5.74, 6) is 0.547. The second-order valence-corrected chi connectivity index (χ2v) is 7.92. The maximum absolute atomic E-state index is 13.0. The van der Waals surface area contributed by atoms with Crippen LogP contribution in [0.4, 0.5) is 18.9 Å². The van der Waals surface area contributed by atoms with E-state index in [1.807, 2.05) is 32.2 Å². The third-order valence-corrected chi connectivity index (χ3v) is 5.42. The molecule has 31 heavy (non-hydrogen) atoms. The Kier molecular flexibility index (Phi) is 5.52. The molecule has 0 fully saturated rings. The number of halogens is 3. The molecule has 7 heteroatoms. The molecule has 1 aromatic heterocycles. The van der Waals surface area contributed by atoms with Crippen molar-refractivity contribution in [3.05, 3.63) is 88.0 Å². The average molecular weight is 425 g/mol. The van der Waals surface area contributed by atoms with E-state index in [9.17, 15) is 18.0 Å². The predicted molar refractivity (Wildman–Crippen MR) is 112 cm³/mol. The summed E-state index contributed by atoms with van der Waals surface area (Å²) in [6.07, 6.45) is -1.87. The van der Waals surface area contributed by atoms with Crippen LogP contribution in [0.1, 0.15) is 44.1 Å². The van der Waals surface area contributed by atoms with E-state index in [2.05, 4.69) is 14.9 Å². The van der Waals surface area contributed by atoms with E-state index >= 15 is 0 Å². The maximum atomic E-state index is 13.0. The highest BCUT2D eigenvalue weighted by molar-refractivity contribution is 5.98. The van der Waals surface area contributed by atoms with Gasteiger partial charge >= 0.3 is 6.18 Å². The summed E-state index contributed by atoms with van der Waals surface area (Å²) in [4.78, 5) is 23.8. The van der Waals surface area contributed by atoms with Gasteiger partial charge in [-0.25, -0.2) is 9.97 Å². The number of aromatic nitrogens is 2. The fourth-order valence-electron chi connectivity index (χ4n) is 3.89. The van der Waals surface area contributed by atoms with Gasteiger partial charge in [-0.2, -0.15) is 13.2 Å². The minimum absolute atomic E-state index is 0.0806. The van der Waals surface area contributed by atoms with Gasteiger partial charge < -0.3 is 4.90 Å². The highest BCUT2D eigenvalue weighted by Gasteiger charge is 2.30. The van der Waals surface area contributed by atoms with Crippen molar-refractivity contribution in [2.45, 2.75) is 39.4 Å². The lowest BCUT2D eigenvalue weighted by Gasteiger charge is -2.30. The SMILES string of the molecule is Cc1cc(C(=O)Cc2cccc(C(F)(F)F)c2)cc(N2CCc3nc(C)ncc3C2)c1. The molecule has 0 N–H and O–H groups in total. The number of aryl methyl sites for hydroxylation is 2. The van der Waals surface area contributed by atoms with Gasteiger partial charge in [0.15, 0.2) is 5.78 Å². The molecular weight excluding hydrogens is 403 g/mol. The number of Topliss-reactive ketones (excluding diaryl/α,β-unsaturated/α-hetero) is 1. The Labute approximate surface area is 178 Å². The lowest BCUT2D eigenvalue weighted by atomic mass is 9.98. The fraction of sp³-hybridized carbons (Fsp3) is 0.292. The van der Waals surface area contributed by atoms with Gasteiger partial charge in [0.05, 0.1) is 11.3 Å². The molecule has 2 aromatic carbocycles. The lowest BCUT2D eigenvalue weighted by Crippen LogP contribution is -2.31. The topological polar surface area (TPSA) is 46.1 Å². The molecule has 0 unspecified atom stereocenters. The predicted octanol–water partition coefficient (Wildman–Crippen LogP) is 5.10. The van der Waals surface area contributed by atoms with Crippen LogP contribution in [-0.4, -0.2) is 22.3 Å². The van der Waals surface area contributed by atoms with Crippen molar-refractivity contribution in [1.29, 1.82) is 0 Å². The number of carbonyl (C=O) groups excluding carboxylic acids is 1. The molecule has 0 amide bonds. The number of nitrogens with zero attached hydrogens (tertiary/aromatic N) is 3. The van der Waals surface area contributed by atoms with Crippen LogP contribution in [-0.2, 0) is 25.6 Å². The van der Waals surface area contributed by atoms with E-state index in [4.69, 9.17) is 0 Å². The van der Waals surface area contributed by atoms with Gasteiger partial charge in [0.25, 0.3) is 0 Å². The van der Waals surface area contributed by atoms with Crippen LogP contribution in [0.15, 0.2) is 48.7 Å². The number of benzene rings is 2. The van der Waals surface area contributed by atoms with Crippen LogP contribution in [0.5, 0.6) is 0 Å². The minimum Gasteiger partial charge on any atom is -0.367 e. The fourth-order valence-corrected chi connectivity index (χ4v) is 3.89. The standard InChI is InChI=1S/C24H22F3N3O/c1-15-8-18(23(31)11-17-4-3-5-20(10-17)24(25,26)27)12-21(9-15)30-7-6-22-19(14-30)13-28-16(2)29-22/h3-5,8-10,12-13H,6-7,11,14H2,1-2H3. The zero-order valence-corrected chi connectivity index (χ0v) is 17.3. The summed E-state index contributed by atoms with van der Waals surface area (Å²) >= 11 is 0. The number of alkyl halides is 3. The summed E-state index contributed by atoms with van der Waals surface area (Å²) < 4.78 is 38.9. The average Bonchev–Trinajstić information content (AvgIpc) is 2.72. The van der Waals surface area contributed by atoms with Gasteiger partial charge in [0, 0.05) is 48.9 Å². The van der Waals surface area contributed by atoms with Crippen molar-refractivity contribution >= 4 is 11.5 Å². The molecular formula is C24H22F3N3O. The zero-order chi connectivity index (χ0) is 22.2. The van der Waals surface area contributed by atoms with Crippen LogP contribution in [0, 0.1) is 13.8 Å². The van der Waals surface area contributed by atoms with Crippen LogP contribution < -0.4 is 4.90 Å². The lowest BCUT2D eigenvalue weighted by molar-refractivity contribution is -0.137. The molecule has 160 valence electrons. The third-order valence-electron chi connectivity index (χ3n) is 5.42. The van der Waals surface area contributed by atoms with Crippen molar-refractivity contribution in [1.82, 2.24) is 9.97 Å². The molecule has 0 atom stereocenters. The summed E-state index contributed by atoms with van der Waals surface area (Å²) in [6.45, 7) is 5.21. The Morgan fingerprint density at radius 3 is 2.71 bits per heavy atom. The first-order valence-electron chi connectivity index (χ1n) is 10.1. The molecule has 0 aliphatic carbocycles. The Bertz CT molecular complexity index is 1140. The first-order chi connectivity index (χ1) is 14.7. The largest absolute Gasteiger partial charge is 0.416 e. The minimum atomic E-state index is -4.43. The smallest absolute Gasteiger partial charge is 0.367 e. The Morgan fingerprint density at radius 1 is 1.13 bits per heavy atom. The second kappa shape index (κ2) is 8.13. The molecule has 4 rings (SSSR count). The molecule has 0 saturated heterocycles. The zero-order valence-electron chi connectivity index (χ0n) is 17.3. The van der Waals surface area contributed by atoms with Gasteiger partial charge in [-0.05, 0) is 49.2 Å². The molecule has 0 saturated carbocycles. The Morgan fingerprint density at radius 2 is 1.94 bits per heavy atom. The quantitative estimate of drug-likeness (QED) is 0.546. The van der Waals surface area contributed by atoms with E-state index in [1.54, 1.807) is 12.1 Å². The summed E-state index contributed by atoms with van der Waals surface area (Å²) in [6, 6.07) is 10.6. The molecule has 2 heterocycles. The molecule has 1 aliphatic heterocycles. The maximum Gasteiger partial charge on any atom is 0.416 e. The highest BCUT2D eigenvalue weighted by atomic mass is 19.4. The number of ketones is 1. The van der Waals surface area contributed by atoms with Gasteiger partial charge in [-0.1, -0.05) is 18.2 Å². The monoisotopic (exact) mass is 425 g/mol. The molecule has 0 radical (unpaired) electrons. The van der Waals surface area contributed by atoms with Crippen molar-refractivity contribution < 1.29 is 18.0 Å². The van der Waals surface area contributed by atoms with Crippen LogP contribution in [0.2, 0.25) is 0 Å². The van der Waals surface area contributed by atoms with E-state index in [-0.39, 0.29) is 12.2 Å². The van der Waals surface area contributed by atoms with E-state index in [1.165, 1.54) is 6.07 Å². The van der Waals surface area contributed by atoms with E-state index in [0.717, 1.165) is 53.4 Å². The van der Waals surface area contributed by atoms with Crippen molar-refractivity contribution in [2.24, 2.45) is 0 Å². The number of carbonyl (C=O) groups is 1. The van der Waals surface area contributed by atoms with Gasteiger partial charge in [-0.15, -0.1) is 0 Å². The van der Waals surface area contributed by atoms with Crippen molar-refractivity contribution in [3.63, 3.8) is 0 Å². The van der Waals surface area contributed by atoms with Gasteiger partial charge in [-0.3, -0.25) is 4.79 Å². The molecule has 0 spiro atoms. The number of hydrogen-bond acceptors (Lipinski definition) is 4. The third kappa shape index (κ3) is 4.76. The van der Waals surface area contributed by atoms with Crippen molar-refractivity contribution in [2.75, 3.05) is 11.4 Å². The summed E-state index contributed by atoms with van der Waals surface area (Å²) in [7, 11) is 0. The molecule has 0 bridgehead atoms. The molecule has 1 aliphatic rings. The van der Waals surface area contributed by atoms with E-state index in [0.29, 0.717) is 17.7 Å². The first kappa shape index (κ1) is 21.0. The Balaban J connectivity index is 1.56. The van der Waals surface area contributed by atoms with Crippen LogP contribution >= 0.6 is 0 Å². The normalized spacial score (nSPS) is 13.8. The summed E-state index contributed by atoms with van der Waals surface area (Å²) in [5.41, 5.74) is 4.06. The molecule has 3 aromatic rings. The van der Waals surface area contributed by atoms with Crippen LogP contribution in [0.25, 0.3) is 0 Å². The van der Waals surface area contributed by atoms with E-state index < -0.39 is 11.7 Å². The van der Waals surface area contributed by atoms with Crippen molar-refractivity contribution in [3.8, 4) is 0 Å². The van der Waals surface area contributed by atoms with Crippen LogP contribution in [0.3, 0.4) is 0 Å². The van der Waals surface area contributed by atoms with Gasteiger partial charge in [0.2, 0.25) is 0 Å². The number of rotatable bonds is 4. The number of anilines is 1. The molecule has 4 nitrogen and oxygen atoms in total. The number of hydrogen-bond donors (Lipinski definition) is 0. The summed E-state index contributed by atoms with van der Waals surface area (Å²) in [5, 5.41) is 0. The Hall–Kier alpha value is -3.22.